The van der Waals surface area contributed by atoms with Crippen LogP contribution in [0.2, 0.25) is 0 Å². The van der Waals surface area contributed by atoms with E-state index in [0.29, 0.717) is 0 Å². The highest BCUT2D eigenvalue weighted by Crippen LogP contribution is 2.38. The van der Waals surface area contributed by atoms with E-state index in [9.17, 15) is 10.1 Å². The van der Waals surface area contributed by atoms with Crippen LogP contribution in [-0.2, 0) is 10.8 Å². The van der Waals surface area contributed by atoms with Crippen LogP contribution < -0.4 is 0 Å². The van der Waals surface area contributed by atoms with E-state index < -0.39 is 0 Å². The summed E-state index contributed by atoms with van der Waals surface area (Å²) >= 11 is 0. The predicted octanol–water partition coefficient (Wildman–Crippen LogP) is 4.19. The zero-order valence-corrected chi connectivity index (χ0v) is 11.5. The fourth-order valence-electron chi connectivity index (χ4n) is 1.95. The largest absolute Gasteiger partial charge is 0.276 e. The maximum atomic E-state index is 11.3. The third-order valence-corrected chi connectivity index (χ3v) is 2.83. The summed E-state index contributed by atoms with van der Waals surface area (Å²) in [5.74, 6) is 0. The van der Waals surface area contributed by atoms with Gasteiger partial charge in [0.15, 0.2) is 0 Å². The third kappa shape index (κ3) is 2.84. The zero-order chi connectivity index (χ0) is 13.4. The fourth-order valence-corrected chi connectivity index (χ4v) is 1.95. The van der Waals surface area contributed by atoms with E-state index in [0.717, 1.165) is 11.1 Å². The molecule has 94 valence electrons. The second kappa shape index (κ2) is 4.13. The molecule has 1 rings (SSSR count). The average molecular weight is 235 g/mol. The SMILES string of the molecule is CC(C)(C)c1cccc(C(C)(C)C)c1[N+](=O)[O-]. The summed E-state index contributed by atoms with van der Waals surface area (Å²) in [5.41, 5.74) is 1.44. The lowest BCUT2D eigenvalue weighted by Gasteiger charge is -2.24. The van der Waals surface area contributed by atoms with E-state index >= 15 is 0 Å². The normalized spacial score (nSPS) is 12.6. The quantitative estimate of drug-likeness (QED) is 0.541. The number of nitro groups is 1. The van der Waals surface area contributed by atoms with Crippen LogP contribution in [-0.4, -0.2) is 4.92 Å². The molecule has 0 radical (unpaired) electrons. The van der Waals surface area contributed by atoms with Gasteiger partial charge in [0.25, 0.3) is 5.69 Å². The molecule has 0 bridgehead atoms. The van der Waals surface area contributed by atoms with Gasteiger partial charge in [-0.05, 0) is 10.8 Å². The second-order valence-electron chi connectivity index (χ2n) is 6.46. The zero-order valence-electron chi connectivity index (χ0n) is 11.5. The Labute approximate surface area is 103 Å². The number of benzene rings is 1. The minimum Gasteiger partial charge on any atom is -0.258 e. The first-order valence-corrected chi connectivity index (χ1v) is 5.83. The molecule has 0 amide bonds. The van der Waals surface area contributed by atoms with E-state index in [1.165, 1.54) is 0 Å². The molecule has 3 heteroatoms. The molecular weight excluding hydrogens is 214 g/mol. The summed E-state index contributed by atoms with van der Waals surface area (Å²) in [6.07, 6.45) is 0. The average Bonchev–Trinajstić information content (AvgIpc) is 2.13. The highest BCUT2D eigenvalue weighted by Gasteiger charge is 2.31. The van der Waals surface area contributed by atoms with E-state index in [2.05, 4.69) is 0 Å². The van der Waals surface area contributed by atoms with Crippen LogP contribution in [0.1, 0.15) is 52.7 Å². The first kappa shape index (κ1) is 13.7. The molecule has 1 aromatic carbocycles. The van der Waals surface area contributed by atoms with Crippen molar-refractivity contribution in [2.24, 2.45) is 0 Å². The topological polar surface area (TPSA) is 43.1 Å². The molecule has 0 spiro atoms. The molecule has 0 aliphatic carbocycles. The summed E-state index contributed by atoms with van der Waals surface area (Å²) in [5, 5.41) is 11.3. The van der Waals surface area contributed by atoms with Gasteiger partial charge >= 0.3 is 0 Å². The Hall–Kier alpha value is -1.38. The number of nitro benzene ring substituents is 1. The first-order chi connectivity index (χ1) is 7.55. The summed E-state index contributed by atoms with van der Waals surface area (Å²) in [4.78, 5) is 11.1. The molecule has 0 saturated heterocycles. The molecule has 0 N–H and O–H groups in total. The van der Waals surface area contributed by atoms with Crippen molar-refractivity contribution in [3.8, 4) is 0 Å². The maximum absolute atomic E-state index is 11.3. The lowest BCUT2D eigenvalue weighted by Crippen LogP contribution is -2.19. The van der Waals surface area contributed by atoms with Crippen molar-refractivity contribution < 1.29 is 4.92 Å². The van der Waals surface area contributed by atoms with Gasteiger partial charge in [-0.3, -0.25) is 10.1 Å². The Morgan fingerprint density at radius 1 is 0.941 bits per heavy atom. The second-order valence-corrected chi connectivity index (χ2v) is 6.46. The van der Waals surface area contributed by atoms with Crippen molar-refractivity contribution in [1.82, 2.24) is 0 Å². The minimum absolute atomic E-state index is 0.219. The van der Waals surface area contributed by atoms with Crippen molar-refractivity contribution in [1.29, 1.82) is 0 Å². The highest BCUT2D eigenvalue weighted by molar-refractivity contribution is 5.53. The Bertz CT molecular complexity index is 404. The van der Waals surface area contributed by atoms with Gasteiger partial charge < -0.3 is 0 Å². The Morgan fingerprint density at radius 2 is 1.29 bits per heavy atom. The maximum Gasteiger partial charge on any atom is 0.276 e. The standard InChI is InChI=1S/C14H21NO2/c1-13(2,3)10-8-7-9-11(14(4,5)6)12(10)15(16)17/h7-9H,1-6H3. The summed E-state index contributed by atoms with van der Waals surface area (Å²) in [7, 11) is 0. The lowest BCUT2D eigenvalue weighted by molar-refractivity contribution is -0.387. The molecule has 0 fully saturated rings. The Balaban J connectivity index is 3.61. The van der Waals surface area contributed by atoms with Crippen molar-refractivity contribution in [3.63, 3.8) is 0 Å². The monoisotopic (exact) mass is 235 g/mol. The van der Waals surface area contributed by atoms with Gasteiger partial charge in [-0.15, -0.1) is 0 Å². The van der Waals surface area contributed by atoms with Crippen LogP contribution in [0, 0.1) is 10.1 Å². The van der Waals surface area contributed by atoms with E-state index in [-0.39, 0.29) is 21.4 Å². The van der Waals surface area contributed by atoms with E-state index in [1.807, 2.05) is 59.7 Å². The van der Waals surface area contributed by atoms with Crippen LogP contribution in [0.4, 0.5) is 5.69 Å². The summed E-state index contributed by atoms with van der Waals surface area (Å²) in [6.45, 7) is 12.0. The number of hydrogen-bond acceptors (Lipinski definition) is 2. The van der Waals surface area contributed by atoms with E-state index in [1.54, 1.807) is 0 Å². The fraction of sp³-hybridized carbons (Fsp3) is 0.571. The molecule has 0 aliphatic heterocycles. The van der Waals surface area contributed by atoms with Crippen molar-refractivity contribution in [2.45, 2.75) is 52.4 Å². The first-order valence-electron chi connectivity index (χ1n) is 5.83. The summed E-state index contributed by atoms with van der Waals surface area (Å²) in [6, 6.07) is 5.62. The van der Waals surface area contributed by atoms with E-state index in [4.69, 9.17) is 0 Å². The van der Waals surface area contributed by atoms with Gasteiger partial charge in [0.05, 0.1) is 4.92 Å². The van der Waals surface area contributed by atoms with Gasteiger partial charge in [0, 0.05) is 11.1 Å². The van der Waals surface area contributed by atoms with Crippen LogP contribution >= 0.6 is 0 Å². The van der Waals surface area contributed by atoms with Crippen molar-refractivity contribution in [3.05, 3.63) is 39.4 Å². The van der Waals surface area contributed by atoms with Gasteiger partial charge in [-0.2, -0.15) is 0 Å². The Morgan fingerprint density at radius 3 is 1.53 bits per heavy atom. The molecule has 17 heavy (non-hydrogen) atoms. The highest BCUT2D eigenvalue weighted by atomic mass is 16.6. The summed E-state index contributed by atoms with van der Waals surface area (Å²) < 4.78 is 0. The molecule has 0 unspecified atom stereocenters. The molecular formula is C14H21NO2. The smallest absolute Gasteiger partial charge is 0.258 e. The number of nitrogens with zero attached hydrogens (tertiary/aromatic N) is 1. The predicted molar refractivity (Wildman–Crippen MR) is 70.5 cm³/mol. The molecule has 1 aromatic rings. The molecule has 0 atom stereocenters. The van der Waals surface area contributed by atoms with Crippen molar-refractivity contribution in [2.75, 3.05) is 0 Å². The van der Waals surface area contributed by atoms with Gasteiger partial charge in [0.2, 0.25) is 0 Å². The number of hydrogen-bond donors (Lipinski definition) is 0. The molecule has 0 heterocycles. The minimum atomic E-state index is -0.249. The van der Waals surface area contributed by atoms with Crippen LogP contribution in [0.5, 0.6) is 0 Å². The van der Waals surface area contributed by atoms with Gasteiger partial charge in [-0.25, -0.2) is 0 Å². The van der Waals surface area contributed by atoms with Crippen LogP contribution in [0.15, 0.2) is 18.2 Å². The van der Waals surface area contributed by atoms with Crippen LogP contribution in [0.3, 0.4) is 0 Å². The van der Waals surface area contributed by atoms with Crippen molar-refractivity contribution >= 4 is 5.69 Å². The lowest BCUT2D eigenvalue weighted by atomic mass is 9.79. The number of para-hydroxylation sites is 1. The molecule has 0 saturated carbocycles. The molecule has 0 aromatic heterocycles. The Kier molecular flexibility index (Phi) is 3.33. The molecule has 0 aliphatic rings. The molecule has 3 nitrogen and oxygen atoms in total. The van der Waals surface area contributed by atoms with Gasteiger partial charge in [-0.1, -0.05) is 59.7 Å². The van der Waals surface area contributed by atoms with Gasteiger partial charge in [0.1, 0.15) is 0 Å². The third-order valence-electron chi connectivity index (χ3n) is 2.83. The van der Waals surface area contributed by atoms with Crippen LogP contribution in [0.25, 0.3) is 0 Å². The number of rotatable bonds is 1.